The number of carbonyl (C=O) groups excluding carboxylic acids is 1. The summed E-state index contributed by atoms with van der Waals surface area (Å²) in [7, 11) is 2.13. The molecule has 0 bridgehead atoms. The van der Waals surface area contributed by atoms with Crippen molar-refractivity contribution in [2.75, 3.05) is 29.9 Å². The molecule has 0 aromatic heterocycles. The summed E-state index contributed by atoms with van der Waals surface area (Å²) in [5, 5.41) is 3.62. The Hall–Kier alpha value is -2.72. The van der Waals surface area contributed by atoms with Gasteiger partial charge >= 0.3 is 0 Å². The molecule has 154 valence electrons. The number of allylic oxidation sites excluding steroid dienone is 1. The Morgan fingerprint density at radius 3 is 2.68 bits per heavy atom. The lowest BCUT2D eigenvalue weighted by Gasteiger charge is -2.38. The van der Waals surface area contributed by atoms with Crippen molar-refractivity contribution in [1.29, 1.82) is 0 Å². The van der Waals surface area contributed by atoms with E-state index in [1.807, 2.05) is 0 Å². The largest absolute Gasteiger partial charge is 0.371 e. The second kappa shape index (κ2) is 6.39. The number of nitrogens with zero attached hydrogens (tertiary/aromatic N) is 2. The van der Waals surface area contributed by atoms with Crippen LogP contribution in [0.2, 0.25) is 0 Å². The first-order chi connectivity index (χ1) is 15.2. The summed E-state index contributed by atoms with van der Waals surface area (Å²) >= 11 is 1.77. The van der Waals surface area contributed by atoms with Gasteiger partial charge in [-0.3, -0.25) is 4.79 Å². The van der Waals surface area contributed by atoms with E-state index in [9.17, 15) is 4.79 Å². The quantitative estimate of drug-likeness (QED) is 0.430. The molecule has 0 spiro atoms. The van der Waals surface area contributed by atoms with E-state index in [1.165, 1.54) is 69.7 Å². The Bertz CT molecular complexity index is 1340. The fourth-order valence-electron chi connectivity index (χ4n) is 6.12. The monoisotopic (exact) mass is 424 g/mol. The number of rotatable bonds is 0. The molecule has 4 aliphatic rings. The van der Waals surface area contributed by atoms with Crippen molar-refractivity contribution < 1.29 is 4.79 Å². The van der Waals surface area contributed by atoms with Crippen molar-refractivity contribution in [3.8, 4) is 0 Å². The smallest absolute Gasteiger partial charge is 0.192 e. The molecule has 0 unspecified atom stereocenters. The maximum absolute atomic E-state index is 13.7. The summed E-state index contributed by atoms with van der Waals surface area (Å²) in [5.74, 6) is 0.253. The molecule has 0 N–H and O–H groups in total. The molecule has 0 amide bonds. The van der Waals surface area contributed by atoms with Crippen LogP contribution in [-0.2, 0) is 19.3 Å². The van der Waals surface area contributed by atoms with Gasteiger partial charge in [-0.15, -0.1) is 0 Å². The van der Waals surface area contributed by atoms with Crippen LogP contribution in [0.1, 0.15) is 39.9 Å². The van der Waals surface area contributed by atoms with Crippen molar-refractivity contribution >= 4 is 39.7 Å². The Morgan fingerprint density at radius 1 is 0.935 bits per heavy atom. The fourth-order valence-corrected chi connectivity index (χ4v) is 7.33. The van der Waals surface area contributed by atoms with Gasteiger partial charge < -0.3 is 9.80 Å². The van der Waals surface area contributed by atoms with Crippen molar-refractivity contribution in [2.45, 2.75) is 37.0 Å². The van der Waals surface area contributed by atoms with Crippen LogP contribution in [0.25, 0.3) is 10.8 Å². The third-order valence-corrected chi connectivity index (χ3v) is 8.75. The van der Waals surface area contributed by atoms with Crippen molar-refractivity contribution in [3.05, 3.63) is 75.3 Å². The zero-order valence-corrected chi connectivity index (χ0v) is 18.5. The lowest BCUT2D eigenvalue weighted by Crippen LogP contribution is -2.35. The Balaban J connectivity index is 1.38. The first kappa shape index (κ1) is 17.9. The number of benzene rings is 3. The highest BCUT2D eigenvalue weighted by Gasteiger charge is 2.38. The molecule has 1 aliphatic carbocycles. The van der Waals surface area contributed by atoms with E-state index in [-0.39, 0.29) is 5.78 Å². The highest BCUT2D eigenvalue weighted by Crippen LogP contribution is 2.52. The summed E-state index contributed by atoms with van der Waals surface area (Å²) < 4.78 is 0. The number of hydrogen-bond acceptors (Lipinski definition) is 4. The molecule has 3 nitrogen and oxygen atoms in total. The van der Waals surface area contributed by atoms with Crippen molar-refractivity contribution in [1.82, 2.24) is 0 Å². The molecule has 3 aromatic carbocycles. The van der Waals surface area contributed by atoms with Crippen molar-refractivity contribution in [3.63, 3.8) is 0 Å². The third kappa shape index (κ3) is 2.40. The maximum Gasteiger partial charge on any atom is 0.192 e. The summed E-state index contributed by atoms with van der Waals surface area (Å²) in [6, 6.07) is 15.2. The highest BCUT2D eigenvalue weighted by atomic mass is 32.2. The van der Waals surface area contributed by atoms with E-state index >= 15 is 0 Å². The average Bonchev–Trinajstić information content (AvgIpc) is 3.31. The summed E-state index contributed by atoms with van der Waals surface area (Å²) in [6.45, 7) is 2.34. The standard InChI is InChI=1S/C27H24N2OS/c1-28-25-18-8-3-2-6-16(18)10-11-23(25)31-27(28)22-15-20-19-9-5-13-29-12-4-7-17(24(19)29)14-21(20)26(22)30/h2-3,6,8,10-11,14H,4-5,7,9,12-13,15H2,1H3. The minimum absolute atomic E-state index is 0.253. The maximum atomic E-state index is 13.7. The van der Waals surface area contributed by atoms with Gasteiger partial charge in [0.1, 0.15) is 0 Å². The van der Waals surface area contributed by atoms with E-state index in [0.29, 0.717) is 0 Å². The Labute approximate surface area is 186 Å². The Morgan fingerprint density at radius 2 is 1.77 bits per heavy atom. The molecule has 0 saturated carbocycles. The molecule has 4 heteroatoms. The predicted octanol–water partition coefficient (Wildman–Crippen LogP) is 5.73. The van der Waals surface area contributed by atoms with Gasteiger partial charge in [-0.1, -0.05) is 42.1 Å². The number of thioether (sulfide) groups is 1. The van der Waals surface area contributed by atoms with Crippen LogP contribution < -0.4 is 9.80 Å². The summed E-state index contributed by atoms with van der Waals surface area (Å²) in [4.78, 5) is 19.8. The highest BCUT2D eigenvalue weighted by molar-refractivity contribution is 8.03. The molecule has 0 saturated heterocycles. The summed E-state index contributed by atoms with van der Waals surface area (Å²) in [5.41, 5.74) is 8.86. The minimum atomic E-state index is 0.253. The number of fused-ring (bicyclic) bond motifs is 5. The lowest BCUT2D eigenvalue weighted by atomic mass is 9.87. The molecule has 0 atom stereocenters. The van der Waals surface area contributed by atoms with E-state index in [4.69, 9.17) is 0 Å². The number of hydrogen-bond donors (Lipinski definition) is 0. The van der Waals surface area contributed by atoms with Gasteiger partial charge in [-0.05, 0) is 59.9 Å². The van der Waals surface area contributed by atoms with Crippen LogP contribution in [0.4, 0.5) is 11.4 Å². The van der Waals surface area contributed by atoms with Gasteiger partial charge in [0.05, 0.1) is 10.7 Å². The first-order valence-electron chi connectivity index (χ1n) is 11.3. The van der Waals surface area contributed by atoms with Gasteiger partial charge in [0.25, 0.3) is 0 Å². The first-order valence-corrected chi connectivity index (χ1v) is 12.2. The van der Waals surface area contributed by atoms with Crippen molar-refractivity contribution in [2.24, 2.45) is 0 Å². The van der Waals surface area contributed by atoms with Crippen LogP contribution in [0, 0.1) is 0 Å². The number of anilines is 2. The van der Waals surface area contributed by atoms with Crippen LogP contribution in [0.3, 0.4) is 0 Å². The molecule has 0 radical (unpaired) electrons. The average molecular weight is 425 g/mol. The third-order valence-electron chi connectivity index (χ3n) is 7.48. The summed E-state index contributed by atoms with van der Waals surface area (Å²) in [6.07, 6.45) is 5.41. The molecule has 7 rings (SSSR count). The van der Waals surface area contributed by atoms with E-state index in [2.05, 4.69) is 59.3 Å². The molecule has 3 aliphatic heterocycles. The van der Waals surface area contributed by atoms with E-state index in [0.717, 1.165) is 35.4 Å². The van der Waals surface area contributed by atoms with Crippen LogP contribution in [0.5, 0.6) is 0 Å². The number of ketones is 1. The van der Waals surface area contributed by atoms with Gasteiger partial charge in [0.15, 0.2) is 5.78 Å². The topological polar surface area (TPSA) is 23.6 Å². The van der Waals surface area contributed by atoms with Crippen LogP contribution >= 0.6 is 11.8 Å². The van der Waals surface area contributed by atoms with E-state index < -0.39 is 0 Å². The van der Waals surface area contributed by atoms with Crippen LogP contribution in [0.15, 0.2) is 58.0 Å². The molecular formula is C27H24N2OS. The molecule has 3 heterocycles. The van der Waals surface area contributed by atoms with Gasteiger partial charge in [0, 0.05) is 53.7 Å². The number of Topliss-reactive ketones (excluding diaryl/α,β-unsaturated/α-hetero) is 1. The molecule has 31 heavy (non-hydrogen) atoms. The fraction of sp³-hybridized carbons (Fsp3) is 0.296. The van der Waals surface area contributed by atoms with Gasteiger partial charge in [-0.25, -0.2) is 0 Å². The van der Waals surface area contributed by atoms with Gasteiger partial charge in [-0.2, -0.15) is 0 Å². The Kier molecular flexibility index (Phi) is 3.69. The van der Waals surface area contributed by atoms with Crippen LogP contribution in [-0.4, -0.2) is 25.9 Å². The predicted molar refractivity (Wildman–Crippen MR) is 129 cm³/mol. The SMILES string of the molecule is CN1C(=C2Cc3c(cc4c5c3CCCN5CCC4)C2=O)Sc2ccc3ccccc3c21. The normalized spacial score (nSPS) is 21.5. The van der Waals surface area contributed by atoms with Gasteiger partial charge in [0.2, 0.25) is 0 Å². The number of carbonyl (C=O) groups is 1. The van der Waals surface area contributed by atoms with E-state index in [1.54, 1.807) is 11.8 Å². The minimum Gasteiger partial charge on any atom is -0.371 e. The second-order valence-corrected chi connectivity index (χ2v) is 10.2. The lowest BCUT2D eigenvalue weighted by molar-refractivity contribution is 0.103. The number of aryl methyl sites for hydroxylation is 1. The molecule has 0 fully saturated rings. The zero-order valence-electron chi connectivity index (χ0n) is 17.7. The molecule has 3 aromatic rings. The molecular weight excluding hydrogens is 400 g/mol. The second-order valence-electron chi connectivity index (χ2n) is 9.17. The zero-order chi connectivity index (χ0) is 20.7.